The molecule has 3 atom stereocenters. The average molecular weight is 281 g/mol. The Bertz CT molecular complexity index is 408. The number of benzene rings is 1. The van der Waals surface area contributed by atoms with Crippen molar-refractivity contribution in [1.29, 1.82) is 0 Å². The highest BCUT2D eigenvalue weighted by Gasteiger charge is 2.26. The molecule has 1 fully saturated rings. The third kappa shape index (κ3) is 4.13. The van der Waals surface area contributed by atoms with Gasteiger partial charge in [0, 0.05) is 23.2 Å². The zero-order chi connectivity index (χ0) is 13.7. The van der Waals surface area contributed by atoms with Crippen molar-refractivity contribution in [3.63, 3.8) is 0 Å². The number of hydrogen-bond acceptors (Lipinski definition) is 3. The quantitative estimate of drug-likeness (QED) is 0.898. The molecule has 3 unspecified atom stereocenters. The van der Waals surface area contributed by atoms with Crippen molar-refractivity contribution < 1.29 is 9.32 Å². The summed E-state index contributed by atoms with van der Waals surface area (Å²) in [6, 6.07) is 9.85. The maximum atomic E-state index is 12.2. The van der Waals surface area contributed by atoms with Gasteiger partial charge in [-0.05, 0) is 38.4 Å². The summed E-state index contributed by atoms with van der Waals surface area (Å²) >= 11 is 0. The maximum Gasteiger partial charge on any atom is 0.0667 e. The van der Waals surface area contributed by atoms with E-state index in [0.29, 0.717) is 5.75 Å². The van der Waals surface area contributed by atoms with Gasteiger partial charge in [-0.2, -0.15) is 0 Å². The summed E-state index contributed by atoms with van der Waals surface area (Å²) in [4.78, 5) is 3.20. The van der Waals surface area contributed by atoms with Gasteiger partial charge in [0.2, 0.25) is 0 Å². The van der Waals surface area contributed by atoms with E-state index in [1.54, 1.807) is 0 Å². The zero-order valence-electron chi connectivity index (χ0n) is 11.5. The van der Waals surface area contributed by atoms with Gasteiger partial charge in [-0.15, -0.1) is 0 Å². The van der Waals surface area contributed by atoms with E-state index in [0.717, 1.165) is 24.4 Å². The molecule has 1 N–H and O–H groups in total. The highest BCUT2D eigenvalue weighted by atomic mass is 32.2. The lowest BCUT2D eigenvalue weighted by Crippen LogP contribution is -2.47. The van der Waals surface area contributed by atoms with Gasteiger partial charge in [-0.3, -0.25) is 9.11 Å². The van der Waals surface area contributed by atoms with Crippen LogP contribution in [-0.2, 0) is 10.8 Å². The largest absolute Gasteiger partial charge is 0.392 e. The third-order valence-corrected chi connectivity index (χ3v) is 5.14. The van der Waals surface area contributed by atoms with Crippen LogP contribution in [0.4, 0.5) is 0 Å². The third-order valence-electron chi connectivity index (χ3n) is 3.79. The first kappa shape index (κ1) is 14.7. The molecule has 0 amide bonds. The monoisotopic (exact) mass is 281 g/mol. The van der Waals surface area contributed by atoms with Gasteiger partial charge in [0.25, 0.3) is 0 Å². The minimum absolute atomic E-state index is 0.238. The fourth-order valence-corrected chi connectivity index (χ4v) is 3.83. The van der Waals surface area contributed by atoms with Crippen molar-refractivity contribution in [2.75, 3.05) is 18.8 Å². The van der Waals surface area contributed by atoms with Crippen LogP contribution in [0, 0.1) is 0 Å². The van der Waals surface area contributed by atoms with Gasteiger partial charge in [-0.1, -0.05) is 24.6 Å². The first-order chi connectivity index (χ1) is 9.18. The molecule has 0 radical (unpaired) electrons. The van der Waals surface area contributed by atoms with Crippen molar-refractivity contribution >= 4 is 10.8 Å². The molecule has 0 aromatic heterocycles. The number of rotatable bonds is 5. The summed E-state index contributed by atoms with van der Waals surface area (Å²) in [5, 5.41) is 9.81. The Morgan fingerprint density at radius 1 is 1.37 bits per heavy atom. The number of aliphatic hydroxyl groups is 1. The maximum absolute atomic E-state index is 12.2. The SMILES string of the molecule is CC(O)C1CCCCN1CCS(=O)c1ccccc1. The standard InChI is InChI=1S/C15H23NO2S/c1-13(17)15-9-5-6-10-16(15)11-12-19(18)14-7-3-2-4-8-14/h2-4,7-8,13,15,17H,5-6,9-12H2,1H3. The Morgan fingerprint density at radius 2 is 2.11 bits per heavy atom. The van der Waals surface area contributed by atoms with Gasteiger partial charge in [0.1, 0.15) is 0 Å². The van der Waals surface area contributed by atoms with Crippen LogP contribution in [0.2, 0.25) is 0 Å². The molecule has 2 rings (SSSR count). The second-order valence-corrected chi connectivity index (χ2v) is 6.77. The van der Waals surface area contributed by atoms with E-state index in [-0.39, 0.29) is 12.1 Å². The van der Waals surface area contributed by atoms with Crippen LogP contribution in [-0.4, -0.2) is 45.2 Å². The fourth-order valence-electron chi connectivity index (χ4n) is 2.73. The Kier molecular flexibility index (Phi) is 5.55. The van der Waals surface area contributed by atoms with Crippen LogP contribution >= 0.6 is 0 Å². The van der Waals surface area contributed by atoms with Crippen LogP contribution in [0.15, 0.2) is 35.2 Å². The first-order valence-corrected chi connectivity index (χ1v) is 8.36. The Hall–Kier alpha value is -0.710. The summed E-state index contributed by atoms with van der Waals surface area (Å²) < 4.78 is 12.2. The van der Waals surface area contributed by atoms with Crippen LogP contribution in [0.5, 0.6) is 0 Å². The summed E-state index contributed by atoms with van der Waals surface area (Å²) in [5.41, 5.74) is 0. The normalized spacial score (nSPS) is 24.0. The summed E-state index contributed by atoms with van der Waals surface area (Å²) in [5.74, 6) is 0.646. The predicted octanol–water partition coefficient (Wildman–Crippen LogP) is 2.03. The van der Waals surface area contributed by atoms with E-state index in [9.17, 15) is 9.32 Å². The van der Waals surface area contributed by atoms with E-state index in [4.69, 9.17) is 0 Å². The van der Waals surface area contributed by atoms with Crippen molar-refractivity contribution in [3.8, 4) is 0 Å². The molecule has 0 bridgehead atoms. The van der Waals surface area contributed by atoms with Crippen LogP contribution in [0.3, 0.4) is 0 Å². The molecule has 1 saturated heterocycles. The smallest absolute Gasteiger partial charge is 0.0667 e. The van der Waals surface area contributed by atoms with Crippen LogP contribution < -0.4 is 0 Å². The van der Waals surface area contributed by atoms with Gasteiger partial charge in [0.15, 0.2) is 0 Å². The Morgan fingerprint density at radius 3 is 2.79 bits per heavy atom. The van der Waals surface area contributed by atoms with Gasteiger partial charge < -0.3 is 5.11 Å². The molecule has 3 nitrogen and oxygen atoms in total. The summed E-state index contributed by atoms with van der Waals surface area (Å²) in [7, 11) is -0.937. The molecular formula is C15H23NO2S. The fraction of sp³-hybridized carbons (Fsp3) is 0.600. The molecule has 0 saturated carbocycles. The van der Waals surface area contributed by atoms with Crippen molar-refractivity contribution in [3.05, 3.63) is 30.3 Å². The summed E-state index contributed by atoms with van der Waals surface area (Å²) in [6.07, 6.45) is 3.12. The van der Waals surface area contributed by atoms with Gasteiger partial charge >= 0.3 is 0 Å². The number of aliphatic hydroxyl groups excluding tert-OH is 1. The molecular weight excluding hydrogens is 258 g/mol. The minimum Gasteiger partial charge on any atom is -0.392 e. The highest BCUT2D eigenvalue weighted by Crippen LogP contribution is 2.19. The molecule has 1 aliphatic rings. The van der Waals surface area contributed by atoms with E-state index in [1.165, 1.54) is 12.8 Å². The topological polar surface area (TPSA) is 40.5 Å². The molecule has 1 aromatic carbocycles. The molecule has 19 heavy (non-hydrogen) atoms. The second kappa shape index (κ2) is 7.17. The van der Waals surface area contributed by atoms with E-state index in [2.05, 4.69) is 4.90 Å². The van der Waals surface area contributed by atoms with Crippen molar-refractivity contribution in [1.82, 2.24) is 4.90 Å². The molecule has 0 aliphatic carbocycles. The van der Waals surface area contributed by atoms with E-state index in [1.807, 2.05) is 37.3 Å². The summed E-state index contributed by atoms with van der Waals surface area (Å²) in [6.45, 7) is 3.68. The van der Waals surface area contributed by atoms with Gasteiger partial charge in [0.05, 0.1) is 16.9 Å². The first-order valence-electron chi connectivity index (χ1n) is 7.04. The van der Waals surface area contributed by atoms with E-state index < -0.39 is 10.8 Å². The Labute approximate surface area is 118 Å². The molecule has 1 aliphatic heterocycles. The van der Waals surface area contributed by atoms with Crippen molar-refractivity contribution in [2.45, 2.75) is 43.2 Å². The minimum atomic E-state index is -0.937. The lowest BCUT2D eigenvalue weighted by Gasteiger charge is -2.37. The highest BCUT2D eigenvalue weighted by molar-refractivity contribution is 7.85. The van der Waals surface area contributed by atoms with Crippen LogP contribution in [0.25, 0.3) is 0 Å². The zero-order valence-corrected chi connectivity index (χ0v) is 12.3. The van der Waals surface area contributed by atoms with Crippen molar-refractivity contribution in [2.24, 2.45) is 0 Å². The number of nitrogens with zero attached hydrogens (tertiary/aromatic N) is 1. The second-order valence-electron chi connectivity index (χ2n) is 5.20. The number of likely N-dealkylation sites (tertiary alicyclic amines) is 1. The molecule has 1 aromatic rings. The number of piperidine rings is 1. The molecule has 106 valence electrons. The van der Waals surface area contributed by atoms with Gasteiger partial charge in [-0.25, -0.2) is 0 Å². The van der Waals surface area contributed by atoms with E-state index >= 15 is 0 Å². The predicted molar refractivity (Wildman–Crippen MR) is 78.6 cm³/mol. The average Bonchev–Trinajstić information content (AvgIpc) is 2.46. The Balaban J connectivity index is 1.88. The lowest BCUT2D eigenvalue weighted by molar-refractivity contribution is 0.0404. The molecule has 0 spiro atoms. The molecule has 1 heterocycles. The molecule has 4 heteroatoms. The number of hydrogen-bond donors (Lipinski definition) is 1. The lowest BCUT2D eigenvalue weighted by atomic mass is 9.98. The van der Waals surface area contributed by atoms with Crippen LogP contribution in [0.1, 0.15) is 26.2 Å².